The van der Waals surface area contributed by atoms with Crippen LogP contribution in [0.3, 0.4) is 0 Å². The number of carbonyl (C=O) groups excluding carboxylic acids is 1. The topological polar surface area (TPSA) is 89.3 Å². The Hall–Kier alpha value is -2.70. The maximum absolute atomic E-state index is 11.6. The van der Waals surface area contributed by atoms with E-state index in [9.17, 15) is 9.59 Å². The fourth-order valence-corrected chi connectivity index (χ4v) is 1.81. The van der Waals surface area contributed by atoms with Gasteiger partial charge in [-0.05, 0) is 6.07 Å². The van der Waals surface area contributed by atoms with E-state index in [2.05, 4.69) is 19.8 Å². The van der Waals surface area contributed by atoms with Crippen molar-refractivity contribution in [3.05, 3.63) is 40.6 Å². The quantitative estimate of drug-likeness (QED) is 0.624. The third-order valence-corrected chi connectivity index (χ3v) is 2.67. The molecule has 0 radical (unpaired) electrons. The fourth-order valence-electron chi connectivity index (χ4n) is 1.81. The zero-order valence-corrected chi connectivity index (χ0v) is 9.38. The molecule has 3 rings (SSSR count). The summed E-state index contributed by atoms with van der Waals surface area (Å²) in [6, 6.07) is 1.69. The number of esters is 1. The van der Waals surface area contributed by atoms with Crippen LogP contribution in [0.2, 0.25) is 0 Å². The standard InChI is InChI=1S/C11H8N4O3/c1-18-11(17)7-5-14-15-8-2-3-12-10(16)6(8)4-13-9(7)15/h2-5H,1H3,(H,12,16). The van der Waals surface area contributed by atoms with Crippen molar-refractivity contribution in [3.63, 3.8) is 0 Å². The second-order valence-corrected chi connectivity index (χ2v) is 3.65. The molecule has 0 unspecified atom stereocenters. The van der Waals surface area contributed by atoms with Crippen molar-refractivity contribution in [2.75, 3.05) is 7.11 Å². The summed E-state index contributed by atoms with van der Waals surface area (Å²) in [5.41, 5.74) is 0.954. The van der Waals surface area contributed by atoms with Crippen molar-refractivity contribution in [2.24, 2.45) is 0 Å². The second kappa shape index (κ2) is 3.66. The van der Waals surface area contributed by atoms with Crippen molar-refractivity contribution >= 4 is 22.5 Å². The number of hydrogen-bond donors (Lipinski definition) is 1. The van der Waals surface area contributed by atoms with Gasteiger partial charge in [0.1, 0.15) is 5.56 Å². The number of nitrogens with zero attached hydrogens (tertiary/aromatic N) is 3. The van der Waals surface area contributed by atoms with Gasteiger partial charge in [0.2, 0.25) is 0 Å². The zero-order valence-electron chi connectivity index (χ0n) is 9.38. The molecule has 3 aromatic heterocycles. The number of hydrogen-bond acceptors (Lipinski definition) is 5. The number of H-pyrrole nitrogens is 1. The third-order valence-electron chi connectivity index (χ3n) is 2.67. The van der Waals surface area contributed by atoms with Crippen molar-refractivity contribution in [3.8, 4) is 0 Å². The largest absolute Gasteiger partial charge is 0.465 e. The van der Waals surface area contributed by atoms with Crippen molar-refractivity contribution in [1.29, 1.82) is 0 Å². The van der Waals surface area contributed by atoms with Crippen molar-refractivity contribution < 1.29 is 9.53 Å². The minimum absolute atomic E-state index is 0.253. The van der Waals surface area contributed by atoms with Crippen molar-refractivity contribution in [2.45, 2.75) is 0 Å². The van der Waals surface area contributed by atoms with E-state index < -0.39 is 5.97 Å². The number of fused-ring (bicyclic) bond motifs is 3. The first-order valence-electron chi connectivity index (χ1n) is 5.15. The molecular weight excluding hydrogens is 236 g/mol. The number of aromatic nitrogens is 4. The highest BCUT2D eigenvalue weighted by molar-refractivity contribution is 5.96. The van der Waals surface area contributed by atoms with Gasteiger partial charge in [0, 0.05) is 12.4 Å². The maximum Gasteiger partial charge on any atom is 0.343 e. The summed E-state index contributed by atoms with van der Waals surface area (Å²) in [6.07, 6.45) is 4.30. The lowest BCUT2D eigenvalue weighted by Crippen LogP contribution is -2.08. The van der Waals surface area contributed by atoms with Crippen LogP contribution in [0.25, 0.3) is 16.6 Å². The highest BCUT2D eigenvalue weighted by Gasteiger charge is 2.16. The summed E-state index contributed by atoms with van der Waals surface area (Å²) in [4.78, 5) is 29.7. The van der Waals surface area contributed by atoms with Crippen LogP contribution < -0.4 is 5.56 Å². The average molecular weight is 244 g/mol. The maximum atomic E-state index is 11.6. The Bertz CT molecular complexity index is 818. The van der Waals surface area contributed by atoms with Crippen LogP contribution in [0.5, 0.6) is 0 Å². The molecule has 0 saturated carbocycles. The summed E-state index contributed by atoms with van der Waals surface area (Å²) in [5.74, 6) is -0.512. The number of carbonyl (C=O) groups is 1. The van der Waals surface area contributed by atoms with Crippen LogP contribution in [0.15, 0.2) is 29.5 Å². The van der Waals surface area contributed by atoms with E-state index in [0.29, 0.717) is 16.6 Å². The molecule has 0 aliphatic heterocycles. The number of ether oxygens (including phenoxy) is 1. The molecule has 0 saturated heterocycles. The molecule has 0 aliphatic carbocycles. The molecule has 0 fully saturated rings. The number of pyridine rings is 1. The number of nitrogens with one attached hydrogen (secondary N) is 1. The van der Waals surface area contributed by atoms with Gasteiger partial charge < -0.3 is 9.72 Å². The lowest BCUT2D eigenvalue weighted by Gasteiger charge is -2.00. The number of aromatic amines is 1. The van der Waals surface area contributed by atoms with Gasteiger partial charge in [0.25, 0.3) is 5.56 Å². The lowest BCUT2D eigenvalue weighted by atomic mass is 10.3. The van der Waals surface area contributed by atoms with Gasteiger partial charge in [-0.15, -0.1) is 0 Å². The SMILES string of the molecule is COC(=O)c1cnn2c1ncc1c(=O)[nH]ccc12. The molecule has 7 heteroatoms. The van der Waals surface area contributed by atoms with Crippen LogP contribution in [0.4, 0.5) is 0 Å². The molecule has 0 atom stereocenters. The Kier molecular flexibility index (Phi) is 2.12. The summed E-state index contributed by atoms with van der Waals surface area (Å²) in [5, 5.41) is 4.46. The smallest absolute Gasteiger partial charge is 0.343 e. The van der Waals surface area contributed by atoms with E-state index in [4.69, 9.17) is 0 Å². The molecule has 0 aliphatic rings. The first-order chi connectivity index (χ1) is 8.72. The molecule has 90 valence electrons. The number of methoxy groups -OCH3 is 1. The predicted molar refractivity (Wildman–Crippen MR) is 62.5 cm³/mol. The molecule has 3 heterocycles. The first kappa shape index (κ1) is 10.5. The van der Waals surface area contributed by atoms with Crippen molar-refractivity contribution in [1.82, 2.24) is 19.6 Å². The highest BCUT2D eigenvalue weighted by atomic mass is 16.5. The Labute approximate surface area is 100 Å². The van der Waals surface area contributed by atoms with Gasteiger partial charge in [-0.3, -0.25) is 4.79 Å². The van der Waals surface area contributed by atoms with Crippen LogP contribution >= 0.6 is 0 Å². The average Bonchev–Trinajstić information content (AvgIpc) is 2.82. The lowest BCUT2D eigenvalue weighted by molar-refractivity contribution is 0.0602. The molecule has 0 amide bonds. The van der Waals surface area contributed by atoms with Crippen LogP contribution in [-0.4, -0.2) is 32.7 Å². The third kappa shape index (κ3) is 1.30. The minimum Gasteiger partial charge on any atom is -0.465 e. The van der Waals surface area contributed by atoms with Crippen LogP contribution in [0.1, 0.15) is 10.4 Å². The Morgan fingerprint density at radius 2 is 2.28 bits per heavy atom. The van der Waals surface area contributed by atoms with Gasteiger partial charge in [-0.1, -0.05) is 0 Å². The molecule has 7 nitrogen and oxygen atoms in total. The molecule has 3 aromatic rings. The number of rotatable bonds is 1. The van der Waals surface area contributed by atoms with Gasteiger partial charge >= 0.3 is 5.97 Å². The molecule has 0 spiro atoms. The summed E-state index contributed by atoms with van der Waals surface area (Å²) in [6.45, 7) is 0. The van der Waals surface area contributed by atoms with Gasteiger partial charge in [-0.2, -0.15) is 5.10 Å². The van der Waals surface area contributed by atoms with Gasteiger partial charge in [-0.25, -0.2) is 14.3 Å². The first-order valence-corrected chi connectivity index (χ1v) is 5.15. The second-order valence-electron chi connectivity index (χ2n) is 3.65. The molecule has 1 N–H and O–H groups in total. The molecule has 18 heavy (non-hydrogen) atoms. The Morgan fingerprint density at radius 1 is 1.44 bits per heavy atom. The summed E-state index contributed by atoms with van der Waals surface area (Å²) >= 11 is 0. The monoisotopic (exact) mass is 244 g/mol. The molecule has 0 aromatic carbocycles. The predicted octanol–water partition coefficient (Wildman–Crippen LogP) is 0.357. The fraction of sp³-hybridized carbons (Fsp3) is 0.0909. The summed E-state index contributed by atoms with van der Waals surface area (Å²) < 4.78 is 6.08. The van der Waals surface area contributed by atoms with Crippen LogP contribution in [0, 0.1) is 0 Å². The van der Waals surface area contributed by atoms with E-state index in [1.54, 1.807) is 6.07 Å². The molecular formula is C11H8N4O3. The molecule has 0 bridgehead atoms. The highest BCUT2D eigenvalue weighted by Crippen LogP contribution is 2.14. The van der Waals surface area contributed by atoms with Gasteiger partial charge in [0.15, 0.2) is 5.65 Å². The normalized spacial score (nSPS) is 10.9. The van der Waals surface area contributed by atoms with E-state index >= 15 is 0 Å². The van der Waals surface area contributed by atoms with E-state index in [1.165, 1.54) is 30.2 Å². The Morgan fingerprint density at radius 3 is 3.06 bits per heavy atom. The summed E-state index contributed by atoms with van der Waals surface area (Å²) in [7, 11) is 1.29. The van der Waals surface area contributed by atoms with E-state index in [-0.39, 0.29) is 11.1 Å². The van der Waals surface area contributed by atoms with E-state index in [0.717, 1.165) is 0 Å². The van der Waals surface area contributed by atoms with Gasteiger partial charge in [0.05, 0.1) is 24.2 Å². The van der Waals surface area contributed by atoms with E-state index in [1.807, 2.05) is 0 Å². The zero-order chi connectivity index (χ0) is 12.7. The Balaban J connectivity index is 2.44. The minimum atomic E-state index is -0.512. The van der Waals surface area contributed by atoms with Crippen LogP contribution in [-0.2, 0) is 4.74 Å².